The van der Waals surface area contributed by atoms with E-state index >= 15 is 0 Å². The van der Waals surface area contributed by atoms with Crippen LogP contribution in [-0.2, 0) is 9.59 Å². The number of para-hydroxylation sites is 1. The number of methoxy groups -OCH3 is 1. The third-order valence-electron chi connectivity index (χ3n) is 5.70. The van der Waals surface area contributed by atoms with E-state index in [0.29, 0.717) is 22.7 Å². The van der Waals surface area contributed by atoms with Crippen LogP contribution in [0.4, 0.5) is 11.4 Å². The second-order valence-electron chi connectivity index (χ2n) is 8.38. The second-order valence-corrected chi connectivity index (χ2v) is 8.38. The van der Waals surface area contributed by atoms with Gasteiger partial charge >= 0.3 is 0 Å². The number of ether oxygens (including phenoxy) is 2. The lowest BCUT2D eigenvalue weighted by molar-refractivity contribution is -0.384. The number of nitro groups is 1. The quantitative estimate of drug-likeness (QED) is 0.163. The molecule has 0 spiro atoms. The number of carbonyl (C=O) groups is 2. The minimum Gasteiger partial charge on any atom is -0.507 e. The van der Waals surface area contributed by atoms with E-state index in [1.54, 1.807) is 48.5 Å². The van der Waals surface area contributed by atoms with Crippen LogP contribution in [0, 0.1) is 10.1 Å². The van der Waals surface area contributed by atoms with E-state index in [-0.39, 0.29) is 22.9 Å². The molecule has 184 valence electrons. The fourth-order valence-corrected chi connectivity index (χ4v) is 4.17. The summed E-state index contributed by atoms with van der Waals surface area (Å²) in [5, 5.41) is 22.5. The van der Waals surface area contributed by atoms with Crippen molar-refractivity contribution < 1.29 is 29.1 Å². The molecule has 3 aromatic rings. The molecule has 1 unspecified atom stereocenters. The monoisotopic (exact) mass is 488 g/mol. The molecule has 1 heterocycles. The molecule has 0 bridgehead atoms. The van der Waals surface area contributed by atoms with Gasteiger partial charge in [-0.3, -0.25) is 24.6 Å². The standard InChI is InChI=1S/C27H24N2O7/c1-16(2)36-20-13-11-18(12-14-20)28-24(21-9-4-5-10-22(21)35-3)23(26(31)27(28)32)25(30)17-7-6-8-19(15-17)29(33)34/h4-16,24,30H,1-3H3/b25-23+. The Bertz CT molecular complexity index is 1360. The number of hydrogen-bond acceptors (Lipinski definition) is 7. The van der Waals surface area contributed by atoms with Crippen molar-refractivity contribution >= 4 is 28.8 Å². The molecule has 3 aromatic carbocycles. The highest BCUT2D eigenvalue weighted by Gasteiger charge is 2.48. The van der Waals surface area contributed by atoms with E-state index in [4.69, 9.17) is 9.47 Å². The van der Waals surface area contributed by atoms with Crippen LogP contribution < -0.4 is 14.4 Å². The number of rotatable bonds is 7. The molecule has 1 aliphatic heterocycles. The van der Waals surface area contributed by atoms with E-state index in [0.717, 1.165) is 6.07 Å². The third-order valence-corrected chi connectivity index (χ3v) is 5.70. The zero-order valence-corrected chi connectivity index (χ0v) is 19.9. The van der Waals surface area contributed by atoms with E-state index < -0.39 is 28.4 Å². The Labute approximate surface area is 207 Å². The molecule has 0 saturated carbocycles. The molecule has 1 N–H and O–H groups in total. The van der Waals surface area contributed by atoms with Crippen LogP contribution in [0.5, 0.6) is 11.5 Å². The van der Waals surface area contributed by atoms with Crippen LogP contribution in [0.3, 0.4) is 0 Å². The molecule has 1 atom stereocenters. The van der Waals surface area contributed by atoms with Gasteiger partial charge in [0.15, 0.2) is 0 Å². The number of aliphatic hydroxyl groups is 1. The zero-order chi connectivity index (χ0) is 26.0. The molecule has 1 fully saturated rings. The Hall–Kier alpha value is -4.66. The molecule has 36 heavy (non-hydrogen) atoms. The maximum atomic E-state index is 13.3. The van der Waals surface area contributed by atoms with Crippen LogP contribution in [0.25, 0.3) is 5.76 Å². The van der Waals surface area contributed by atoms with E-state index in [2.05, 4.69) is 0 Å². The lowest BCUT2D eigenvalue weighted by Gasteiger charge is -2.27. The second kappa shape index (κ2) is 9.91. The van der Waals surface area contributed by atoms with Crippen molar-refractivity contribution in [1.82, 2.24) is 0 Å². The van der Waals surface area contributed by atoms with Gasteiger partial charge in [0.25, 0.3) is 17.4 Å². The first-order valence-corrected chi connectivity index (χ1v) is 11.2. The first-order chi connectivity index (χ1) is 17.2. The highest BCUT2D eigenvalue weighted by molar-refractivity contribution is 6.51. The van der Waals surface area contributed by atoms with Crippen molar-refractivity contribution in [2.75, 3.05) is 12.0 Å². The van der Waals surface area contributed by atoms with Gasteiger partial charge in [-0.15, -0.1) is 0 Å². The molecule has 1 aliphatic rings. The van der Waals surface area contributed by atoms with Crippen LogP contribution in [0.2, 0.25) is 0 Å². The van der Waals surface area contributed by atoms with Crippen molar-refractivity contribution in [2.45, 2.75) is 26.0 Å². The molecule has 9 heteroatoms. The van der Waals surface area contributed by atoms with Crippen molar-refractivity contribution in [2.24, 2.45) is 0 Å². The highest BCUT2D eigenvalue weighted by atomic mass is 16.6. The number of anilines is 1. The summed E-state index contributed by atoms with van der Waals surface area (Å²) in [6.45, 7) is 3.78. The number of non-ortho nitro benzene ring substituents is 1. The number of Topliss-reactive ketones (excluding diaryl/α,β-unsaturated/α-hetero) is 1. The fourth-order valence-electron chi connectivity index (χ4n) is 4.17. The fraction of sp³-hybridized carbons (Fsp3) is 0.185. The summed E-state index contributed by atoms with van der Waals surface area (Å²) >= 11 is 0. The molecule has 1 amide bonds. The Morgan fingerprint density at radius 2 is 1.72 bits per heavy atom. The van der Waals surface area contributed by atoms with Gasteiger partial charge in [0.05, 0.1) is 29.8 Å². The summed E-state index contributed by atoms with van der Waals surface area (Å²) in [6.07, 6.45) is -0.0476. The van der Waals surface area contributed by atoms with Crippen LogP contribution in [0.15, 0.2) is 78.4 Å². The Morgan fingerprint density at radius 1 is 1.03 bits per heavy atom. The van der Waals surface area contributed by atoms with Gasteiger partial charge < -0.3 is 14.6 Å². The van der Waals surface area contributed by atoms with Gasteiger partial charge in [0.1, 0.15) is 17.3 Å². The highest BCUT2D eigenvalue weighted by Crippen LogP contribution is 2.45. The molecule has 1 saturated heterocycles. The maximum Gasteiger partial charge on any atom is 0.300 e. The van der Waals surface area contributed by atoms with E-state index in [1.165, 1.54) is 30.2 Å². The smallest absolute Gasteiger partial charge is 0.300 e. The van der Waals surface area contributed by atoms with Crippen LogP contribution >= 0.6 is 0 Å². The number of nitro benzene ring substituents is 1. The third kappa shape index (κ3) is 4.50. The number of aliphatic hydroxyl groups excluding tert-OH is 1. The number of nitrogens with zero attached hydrogens (tertiary/aromatic N) is 2. The Balaban J connectivity index is 1.92. The Morgan fingerprint density at radius 3 is 2.36 bits per heavy atom. The summed E-state index contributed by atoms with van der Waals surface area (Å²) < 4.78 is 11.2. The minimum atomic E-state index is -1.04. The number of carbonyl (C=O) groups excluding carboxylic acids is 2. The number of benzene rings is 3. The molecule has 0 aromatic heterocycles. The van der Waals surface area contributed by atoms with Gasteiger partial charge in [-0.1, -0.05) is 30.3 Å². The average Bonchev–Trinajstić information content (AvgIpc) is 3.13. The normalized spacial score (nSPS) is 16.9. The van der Waals surface area contributed by atoms with Crippen molar-refractivity contribution in [3.8, 4) is 11.5 Å². The molecule has 4 rings (SSSR count). The predicted octanol–water partition coefficient (Wildman–Crippen LogP) is 5.02. The topological polar surface area (TPSA) is 119 Å². The van der Waals surface area contributed by atoms with Gasteiger partial charge in [0.2, 0.25) is 0 Å². The molecule has 0 radical (unpaired) electrons. The molecule has 0 aliphatic carbocycles. The molecule has 9 nitrogen and oxygen atoms in total. The average molecular weight is 488 g/mol. The summed E-state index contributed by atoms with van der Waals surface area (Å²) in [6, 6.07) is 17.7. The zero-order valence-electron chi connectivity index (χ0n) is 19.9. The van der Waals surface area contributed by atoms with Crippen LogP contribution in [-0.4, -0.2) is 34.9 Å². The first-order valence-electron chi connectivity index (χ1n) is 11.2. The summed E-state index contributed by atoms with van der Waals surface area (Å²) in [5.41, 5.74) is 0.453. The lowest BCUT2D eigenvalue weighted by atomic mass is 9.94. The number of hydrogen-bond donors (Lipinski definition) is 1. The minimum absolute atomic E-state index is 0.0442. The van der Waals surface area contributed by atoms with E-state index in [9.17, 15) is 24.8 Å². The molecular weight excluding hydrogens is 464 g/mol. The SMILES string of the molecule is COc1ccccc1C1/C(=C(\O)c2cccc([N+](=O)[O-])c2)C(=O)C(=O)N1c1ccc(OC(C)C)cc1. The summed E-state index contributed by atoms with van der Waals surface area (Å²) in [4.78, 5) is 38.6. The van der Waals surface area contributed by atoms with Crippen LogP contribution in [0.1, 0.15) is 31.0 Å². The maximum absolute atomic E-state index is 13.3. The largest absolute Gasteiger partial charge is 0.507 e. The van der Waals surface area contributed by atoms with E-state index in [1.807, 2.05) is 13.8 Å². The van der Waals surface area contributed by atoms with Gasteiger partial charge in [-0.25, -0.2) is 0 Å². The van der Waals surface area contributed by atoms with Gasteiger partial charge in [-0.2, -0.15) is 0 Å². The number of amides is 1. The first kappa shape index (κ1) is 24.5. The Kier molecular flexibility index (Phi) is 6.73. The summed E-state index contributed by atoms with van der Waals surface area (Å²) in [7, 11) is 1.46. The van der Waals surface area contributed by atoms with Gasteiger partial charge in [-0.05, 0) is 44.2 Å². The van der Waals surface area contributed by atoms with Crippen molar-refractivity contribution in [3.05, 3.63) is 99.6 Å². The predicted molar refractivity (Wildman–Crippen MR) is 133 cm³/mol. The number of ketones is 1. The lowest BCUT2D eigenvalue weighted by Crippen LogP contribution is -2.29. The van der Waals surface area contributed by atoms with Crippen molar-refractivity contribution in [1.29, 1.82) is 0 Å². The summed E-state index contributed by atoms with van der Waals surface area (Å²) in [5.74, 6) is -1.29. The van der Waals surface area contributed by atoms with Crippen molar-refractivity contribution in [3.63, 3.8) is 0 Å². The van der Waals surface area contributed by atoms with Gasteiger partial charge in [0, 0.05) is 28.9 Å². The molecular formula is C27H24N2O7.